The normalized spacial score (nSPS) is 35.6. The van der Waals surface area contributed by atoms with Crippen LogP contribution in [0, 0.1) is 5.92 Å². The summed E-state index contributed by atoms with van der Waals surface area (Å²) >= 11 is 0. The van der Waals surface area contributed by atoms with E-state index in [2.05, 4.69) is 10.3 Å². The highest BCUT2D eigenvalue weighted by Crippen LogP contribution is 2.34. The van der Waals surface area contributed by atoms with E-state index in [4.69, 9.17) is 10.5 Å². The summed E-state index contributed by atoms with van der Waals surface area (Å²) in [4.78, 5) is 14.8. The smallest absolute Gasteiger partial charge is 0.276 e. The highest BCUT2D eigenvalue weighted by atomic mass is 16.5. The van der Waals surface area contributed by atoms with E-state index in [1.54, 1.807) is 6.20 Å². The fourth-order valence-corrected chi connectivity index (χ4v) is 4.52. The number of aliphatic hydroxyl groups excluding tert-OH is 1. The second kappa shape index (κ2) is 7.01. The van der Waals surface area contributed by atoms with Gasteiger partial charge in [0, 0.05) is 19.2 Å². The number of carbonyl (C=O) groups excluding carboxylic acids is 1. The third-order valence-corrected chi connectivity index (χ3v) is 6.00. The van der Waals surface area contributed by atoms with Crippen molar-refractivity contribution in [3.05, 3.63) is 11.9 Å². The number of morpholine rings is 1. The summed E-state index contributed by atoms with van der Waals surface area (Å²) < 4.78 is 7.64. The lowest BCUT2D eigenvalue weighted by atomic mass is 9.92. The van der Waals surface area contributed by atoms with Crippen LogP contribution in [0.25, 0.3) is 0 Å². The van der Waals surface area contributed by atoms with Crippen LogP contribution >= 0.6 is 0 Å². The average Bonchev–Trinajstić information content (AvgIpc) is 3.28. The quantitative estimate of drug-likeness (QED) is 0.815. The van der Waals surface area contributed by atoms with Crippen LogP contribution in [0.5, 0.6) is 0 Å². The lowest BCUT2D eigenvalue weighted by Crippen LogP contribution is -2.51. The predicted octanol–water partition coefficient (Wildman–Crippen LogP) is 0.332. The zero-order valence-electron chi connectivity index (χ0n) is 14.5. The van der Waals surface area contributed by atoms with Gasteiger partial charge in [-0.3, -0.25) is 4.79 Å². The lowest BCUT2D eigenvalue weighted by Gasteiger charge is -2.37. The first-order valence-electron chi connectivity index (χ1n) is 9.36. The fourth-order valence-electron chi connectivity index (χ4n) is 4.52. The van der Waals surface area contributed by atoms with Gasteiger partial charge in [-0.05, 0) is 44.4 Å². The Morgan fingerprint density at radius 1 is 1.32 bits per heavy atom. The van der Waals surface area contributed by atoms with Crippen LogP contribution in [0.2, 0.25) is 0 Å². The Bertz CT molecular complexity index is 613. The van der Waals surface area contributed by atoms with Crippen molar-refractivity contribution in [3.63, 3.8) is 0 Å². The summed E-state index contributed by atoms with van der Waals surface area (Å²) in [7, 11) is 0. The second-order valence-corrected chi connectivity index (χ2v) is 7.65. The molecule has 8 nitrogen and oxygen atoms in total. The molecule has 0 spiro atoms. The van der Waals surface area contributed by atoms with Gasteiger partial charge < -0.3 is 20.5 Å². The maximum atomic E-state index is 13.0. The minimum absolute atomic E-state index is 0.0322. The van der Waals surface area contributed by atoms with Gasteiger partial charge in [-0.2, -0.15) is 0 Å². The number of rotatable bonds is 3. The Hall–Kier alpha value is -1.51. The number of aliphatic hydroxyl groups is 1. The van der Waals surface area contributed by atoms with E-state index in [1.165, 1.54) is 0 Å². The highest BCUT2D eigenvalue weighted by Gasteiger charge is 2.43. The fraction of sp³-hybridized carbons (Fsp3) is 0.824. The molecule has 1 aliphatic heterocycles. The van der Waals surface area contributed by atoms with Crippen molar-refractivity contribution in [2.75, 3.05) is 19.8 Å². The van der Waals surface area contributed by atoms with E-state index in [-0.39, 0.29) is 42.7 Å². The molecular formula is C17H27N5O3. The van der Waals surface area contributed by atoms with Crippen molar-refractivity contribution in [1.29, 1.82) is 0 Å². The third-order valence-electron chi connectivity index (χ3n) is 6.00. The van der Waals surface area contributed by atoms with Gasteiger partial charge in [-0.15, -0.1) is 5.10 Å². The van der Waals surface area contributed by atoms with Gasteiger partial charge in [0.2, 0.25) is 0 Å². The Kier molecular flexibility index (Phi) is 4.75. The van der Waals surface area contributed by atoms with Gasteiger partial charge in [0.15, 0.2) is 5.69 Å². The minimum atomic E-state index is -0.0735. The van der Waals surface area contributed by atoms with E-state index in [9.17, 15) is 9.90 Å². The number of fused-ring (bicyclic) bond motifs is 1. The van der Waals surface area contributed by atoms with Gasteiger partial charge in [0.25, 0.3) is 5.91 Å². The second-order valence-electron chi connectivity index (χ2n) is 7.65. The number of carbonyl (C=O) groups is 1. The topological polar surface area (TPSA) is 106 Å². The molecular weight excluding hydrogens is 322 g/mol. The molecule has 2 aliphatic carbocycles. The molecule has 3 atom stereocenters. The third kappa shape index (κ3) is 3.30. The van der Waals surface area contributed by atoms with Crippen LogP contribution in [0.15, 0.2) is 6.20 Å². The SMILES string of the molecule is NC1CCC(n2cc(C(=O)N3CCOC4C[C@H](CO)C[C@@H]43)nn2)CC1. The van der Waals surface area contributed by atoms with Crippen molar-refractivity contribution in [3.8, 4) is 0 Å². The first-order chi connectivity index (χ1) is 12.2. The van der Waals surface area contributed by atoms with Gasteiger partial charge in [0.1, 0.15) is 0 Å². The Balaban J connectivity index is 1.46. The number of hydrogen-bond donors (Lipinski definition) is 2. The molecule has 1 aromatic heterocycles. The van der Waals surface area contributed by atoms with Gasteiger partial charge in [-0.25, -0.2) is 4.68 Å². The van der Waals surface area contributed by atoms with Crippen LogP contribution in [0.1, 0.15) is 55.1 Å². The van der Waals surface area contributed by atoms with Gasteiger partial charge >= 0.3 is 0 Å². The summed E-state index contributed by atoms with van der Waals surface area (Å²) in [6.45, 7) is 1.27. The Labute approximate surface area is 147 Å². The van der Waals surface area contributed by atoms with E-state index in [0.29, 0.717) is 18.8 Å². The largest absolute Gasteiger partial charge is 0.396 e. The standard InChI is InChI=1S/C17H27N5O3/c18-12-1-3-13(4-2-12)22-9-14(19-20-22)17(24)21-5-6-25-16-8-11(10-23)7-15(16)21/h9,11-13,15-16,23H,1-8,10,18H2/t11-,12?,13?,15+,16?/m1/s1. The molecule has 2 saturated carbocycles. The van der Waals surface area contributed by atoms with Crippen LogP contribution in [0.4, 0.5) is 0 Å². The van der Waals surface area contributed by atoms with Crippen molar-refractivity contribution in [1.82, 2.24) is 19.9 Å². The maximum Gasteiger partial charge on any atom is 0.276 e. The van der Waals surface area contributed by atoms with Crippen molar-refractivity contribution < 1.29 is 14.6 Å². The molecule has 3 aliphatic rings. The monoisotopic (exact) mass is 349 g/mol. The lowest BCUT2D eigenvalue weighted by molar-refractivity contribution is -0.0450. The molecule has 1 unspecified atom stereocenters. The predicted molar refractivity (Wildman–Crippen MR) is 89.9 cm³/mol. The summed E-state index contributed by atoms with van der Waals surface area (Å²) in [5, 5.41) is 17.8. The number of nitrogens with zero attached hydrogens (tertiary/aromatic N) is 4. The zero-order valence-corrected chi connectivity index (χ0v) is 14.5. The summed E-state index contributed by atoms with van der Waals surface area (Å²) in [5.41, 5.74) is 6.37. The summed E-state index contributed by atoms with van der Waals surface area (Å²) in [6.07, 6.45) is 7.38. The van der Waals surface area contributed by atoms with Crippen molar-refractivity contribution in [2.24, 2.45) is 11.7 Å². The molecule has 0 aromatic carbocycles. The van der Waals surface area contributed by atoms with Crippen LogP contribution < -0.4 is 5.73 Å². The molecule has 3 fully saturated rings. The maximum absolute atomic E-state index is 13.0. The molecule has 4 rings (SSSR count). The average molecular weight is 349 g/mol. The number of aromatic nitrogens is 3. The molecule has 25 heavy (non-hydrogen) atoms. The van der Waals surface area contributed by atoms with Crippen molar-refractivity contribution >= 4 is 5.91 Å². The molecule has 8 heteroatoms. The number of nitrogens with two attached hydrogens (primary N) is 1. The van der Waals surface area contributed by atoms with Crippen LogP contribution in [0.3, 0.4) is 0 Å². The minimum Gasteiger partial charge on any atom is -0.396 e. The number of hydrogen-bond acceptors (Lipinski definition) is 6. The Morgan fingerprint density at radius 2 is 2.12 bits per heavy atom. The molecule has 138 valence electrons. The van der Waals surface area contributed by atoms with Crippen LogP contribution in [-0.2, 0) is 4.74 Å². The van der Waals surface area contributed by atoms with E-state index >= 15 is 0 Å². The van der Waals surface area contributed by atoms with E-state index in [0.717, 1.165) is 38.5 Å². The molecule has 1 saturated heterocycles. The Morgan fingerprint density at radius 3 is 2.88 bits per heavy atom. The number of ether oxygens (including phenoxy) is 1. The van der Waals surface area contributed by atoms with Crippen LogP contribution in [-0.4, -0.2) is 68.9 Å². The van der Waals surface area contributed by atoms with Gasteiger partial charge in [-0.1, -0.05) is 5.21 Å². The van der Waals surface area contributed by atoms with Crippen molar-refractivity contribution in [2.45, 2.75) is 62.8 Å². The molecule has 0 radical (unpaired) electrons. The summed E-state index contributed by atoms with van der Waals surface area (Å²) in [6, 6.07) is 0.612. The highest BCUT2D eigenvalue weighted by molar-refractivity contribution is 5.92. The first kappa shape index (κ1) is 16.9. The van der Waals surface area contributed by atoms with E-state index in [1.807, 2.05) is 9.58 Å². The first-order valence-corrected chi connectivity index (χ1v) is 9.36. The van der Waals surface area contributed by atoms with E-state index < -0.39 is 0 Å². The molecule has 1 aromatic rings. The molecule has 2 heterocycles. The number of amides is 1. The molecule has 1 amide bonds. The zero-order chi connectivity index (χ0) is 17.4. The molecule has 3 N–H and O–H groups in total. The molecule has 0 bridgehead atoms. The summed E-state index contributed by atoms with van der Waals surface area (Å²) in [5.74, 6) is 0.140. The van der Waals surface area contributed by atoms with Gasteiger partial charge in [0.05, 0.1) is 31.0 Å².